The summed E-state index contributed by atoms with van der Waals surface area (Å²) < 4.78 is 41.1. The zero-order chi connectivity index (χ0) is 61.2. The van der Waals surface area contributed by atoms with E-state index in [9.17, 15) is 8.42 Å². The van der Waals surface area contributed by atoms with Crippen LogP contribution in [0.4, 0.5) is 0 Å². The maximum Gasteiger partial charge on any atom is 0.206 e. The van der Waals surface area contributed by atoms with Gasteiger partial charge in [-0.05, 0) is 179 Å². The van der Waals surface area contributed by atoms with Crippen molar-refractivity contribution < 1.29 is 8.42 Å². The van der Waals surface area contributed by atoms with Crippen LogP contribution in [0.1, 0.15) is 22.6 Å². The van der Waals surface area contributed by atoms with Crippen molar-refractivity contribution in [1.82, 2.24) is 22.8 Å². The molecule has 1 aliphatic carbocycles. The van der Waals surface area contributed by atoms with Gasteiger partial charge in [0, 0.05) is 88.2 Å². The minimum Gasteiger partial charge on any atom is -0.309 e. The Kier molecular flexibility index (Phi) is 10.9. The molecular formula is C85H53N5O2S. The molecule has 0 saturated carbocycles. The van der Waals surface area contributed by atoms with Crippen molar-refractivity contribution in [2.45, 2.75) is 15.7 Å². The van der Waals surface area contributed by atoms with Gasteiger partial charge >= 0.3 is 0 Å². The topological polar surface area (TPSA) is 58.8 Å². The molecule has 0 amide bonds. The molecule has 0 aliphatic heterocycles. The third-order valence-electron chi connectivity index (χ3n) is 20.0. The van der Waals surface area contributed by atoms with E-state index >= 15 is 0 Å². The Hall–Kier alpha value is -12.0. The van der Waals surface area contributed by atoms with Crippen molar-refractivity contribution in [2.75, 3.05) is 0 Å². The minimum atomic E-state index is -3.91. The van der Waals surface area contributed by atoms with E-state index in [1.807, 2.05) is 24.3 Å². The number of para-hydroxylation sites is 6. The fourth-order valence-electron chi connectivity index (χ4n) is 16.0. The first-order valence-corrected chi connectivity index (χ1v) is 33.2. The second-order valence-electron chi connectivity index (χ2n) is 24.8. The molecule has 1 aliphatic rings. The first-order chi connectivity index (χ1) is 45.9. The Morgan fingerprint density at radius 1 is 0.215 bits per heavy atom. The van der Waals surface area contributed by atoms with E-state index in [4.69, 9.17) is 0 Å². The first kappa shape index (κ1) is 51.9. The highest BCUT2D eigenvalue weighted by Gasteiger charge is 2.31. The highest BCUT2D eigenvalue weighted by molar-refractivity contribution is 7.91. The van der Waals surface area contributed by atoms with E-state index in [1.54, 1.807) is 24.3 Å². The van der Waals surface area contributed by atoms with Crippen LogP contribution in [-0.4, -0.2) is 31.3 Å². The summed E-state index contributed by atoms with van der Waals surface area (Å²) in [7, 11) is -3.91. The third kappa shape index (κ3) is 7.43. The lowest BCUT2D eigenvalue weighted by Crippen LogP contribution is -2.03. The summed E-state index contributed by atoms with van der Waals surface area (Å²) in [6.45, 7) is 0. The molecule has 0 atom stereocenters. The zero-order valence-corrected chi connectivity index (χ0v) is 50.9. The normalized spacial score (nSPS) is 12.8. The van der Waals surface area contributed by atoms with E-state index in [0.717, 1.165) is 94.1 Å². The average molecular weight is 1210 g/mol. The molecule has 0 saturated heterocycles. The van der Waals surface area contributed by atoms with Crippen LogP contribution in [-0.2, 0) is 9.84 Å². The van der Waals surface area contributed by atoms with Gasteiger partial charge in [0.1, 0.15) is 0 Å². The molecule has 7 nitrogen and oxygen atoms in total. The Bertz CT molecular complexity index is 6420. The second-order valence-corrected chi connectivity index (χ2v) is 26.7. The van der Waals surface area contributed by atoms with Gasteiger partial charge in [0.2, 0.25) is 9.84 Å². The van der Waals surface area contributed by atoms with E-state index < -0.39 is 9.84 Å². The molecule has 0 unspecified atom stereocenters. The summed E-state index contributed by atoms with van der Waals surface area (Å²) >= 11 is 0. The second kappa shape index (κ2) is 19.5. The molecule has 8 heteroatoms. The predicted molar refractivity (Wildman–Crippen MR) is 383 cm³/mol. The van der Waals surface area contributed by atoms with Gasteiger partial charge in [-0.3, -0.25) is 0 Å². The van der Waals surface area contributed by atoms with Gasteiger partial charge in [0.25, 0.3) is 0 Å². The quantitative estimate of drug-likeness (QED) is 0.152. The third-order valence-corrected chi connectivity index (χ3v) is 21.8. The standard InChI is InChI=1S/C85H53N5O2S/c91-93(92,59-41-34-54(35-42-59)86-77-29-13-8-22-66(77)72-51-57(38-46-82(72)86)89-79-31-15-7-21-65(79)71-49-53(33-45-81(71)89)85-69-25-3-1-17-61(69)62-18-2-4-26-70(62)85)60-43-36-55(37-44-60)87-78-30-14-9-23-67(78)73-52-58(39-47-83(73)87)90-80-32-16-10-24-68(80)74-50-56(40-48-84(74)90)88-75-27-11-5-19-63(75)64-20-6-12-28-76(64)88/h1-52,85H. The SMILES string of the molecule is O=S(=O)(c1ccc(-n2c3ccccc3c3cc(-n4c5ccccc5c5cc(C6c7ccccc7-c7ccccc76)ccc54)ccc32)cc1)c1ccc(-n2c3ccccc3c3cc(-n4c5ccccc5c5cc(-n6c7ccccc7c7ccccc76)ccc54)ccc32)cc1. The van der Waals surface area contributed by atoms with Gasteiger partial charge in [-0.1, -0.05) is 164 Å². The summed E-state index contributed by atoms with van der Waals surface area (Å²) in [5, 5.41) is 11.7. The van der Waals surface area contributed by atoms with Crippen LogP contribution in [0.2, 0.25) is 0 Å². The lowest BCUT2D eigenvalue weighted by molar-refractivity contribution is 0.596. The van der Waals surface area contributed by atoms with Crippen LogP contribution in [0, 0.1) is 0 Å². The van der Waals surface area contributed by atoms with Crippen molar-refractivity contribution >= 4 is 119 Å². The van der Waals surface area contributed by atoms with Crippen LogP contribution in [0.25, 0.3) is 149 Å². The van der Waals surface area contributed by atoms with Crippen LogP contribution in [0.3, 0.4) is 0 Å². The molecule has 0 bridgehead atoms. The van der Waals surface area contributed by atoms with Gasteiger partial charge in [-0.25, -0.2) is 8.42 Å². The molecule has 14 aromatic carbocycles. The molecule has 0 spiro atoms. The first-order valence-electron chi connectivity index (χ1n) is 31.7. The minimum absolute atomic E-state index is 0.152. The fraction of sp³-hybridized carbons (Fsp3) is 0.0118. The number of hydrogen-bond donors (Lipinski definition) is 0. The van der Waals surface area contributed by atoms with E-state index in [0.29, 0.717) is 0 Å². The van der Waals surface area contributed by atoms with Crippen LogP contribution in [0.15, 0.2) is 325 Å². The molecule has 93 heavy (non-hydrogen) atoms. The van der Waals surface area contributed by atoms with Crippen molar-refractivity contribution in [3.63, 3.8) is 0 Å². The molecular weight excluding hydrogens is 1160 g/mol. The number of benzene rings is 14. The average Bonchev–Trinajstić information content (AvgIpc) is 1.59. The number of aromatic nitrogens is 5. The molecule has 5 heterocycles. The number of sulfone groups is 1. The lowest BCUT2D eigenvalue weighted by Gasteiger charge is -2.15. The highest BCUT2D eigenvalue weighted by atomic mass is 32.2. The van der Waals surface area contributed by atoms with Crippen molar-refractivity contribution in [1.29, 1.82) is 0 Å². The van der Waals surface area contributed by atoms with Gasteiger partial charge in [-0.2, -0.15) is 0 Å². The smallest absolute Gasteiger partial charge is 0.206 e. The van der Waals surface area contributed by atoms with E-state index in [-0.39, 0.29) is 15.7 Å². The van der Waals surface area contributed by atoms with Gasteiger partial charge in [-0.15, -0.1) is 0 Å². The van der Waals surface area contributed by atoms with Crippen LogP contribution in [0.5, 0.6) is 0 Å². The lowest BCUT2D eigenvalue weighted by atomic mass is 9.88. The number of fused-ring (bicyclic) bond motifs is 18. The number of rotatable bonds is 8. The summed E-state index contributed by atoms with van der Waals surface area (Å²) in [5.41, 5.74) is 22.7. The fourth-order valence-corrected chi connectivity index (χ4v) is 17.2. The summed E-state index contributed by atoms with van der Waals surface area (Å²) in [6, 6.07) is 111. The van der Waals surface area contributed by atoms with Crippen LogP contribution >= 0.6 is 0 Å². The molecule has 0 N–H and O–H groups in total. The Morgan fingerprint density at radius 3 is 0.806 bits per heavy atom. The van der Waals surface area contributed by atoms with Gasteiger partial charge in [0.05, 0.1) is 65.0 Å². The molecule has 436 valence electrons. The summed E-state index contributed by atoms with van der Waals surface area (Å²) in [6.07, 6.45) is 0. The van der Waals surface area contributed by atoms with Gasteiger partial charge in [0.15, 0.2) is 0 Å². The van der Waals surface area contributed by atoms with Crippen molar-refractivity contribution in [3.8, 4) is 39.6 Å². The maximum atomic E-state index is 14.7. The molecule has 19 aromatic rings. The Labute approximate surface area is 534 Å². The van der Waals surface area contributed by atoms with Crippen LogP contribution < -0.4 is 0 Å². The number of hydrogen-bond acceptors (Lipinski definition) is 2. The van der Waals surface area contributed by atoms with Crippen molar-refractivity contribution in [3.05, 3.63) is 332 Å². The number of nitrogens with zero attached hydrogens (tertiary/aromatic N) is 5. The van der Waals surface area contributed by atoms with E-state index in [1.165, 1.54) is 71.2 Å². The largest absolute Gasteiger partial charge is 0.309 e. The Morgan fingerprint density at radius 2 is 0.462 bits per heavy atom. The summed E-state index contributed by atoms with van der Waals surface area (Å²) in [4.78, 5) is 0.463. The predicted octanol–water partition coefficient (Wildman–Crippen LogP) is 21.2. The summed E-state index contributed by atoms with van der Waals surface area (Å²) in [5.74, 6) is 0.152. The zero-order valence-electron chi connectivity index (χ0n) is 50.1. The maximum absolute atomic E-state index is 14.7. The van der Waals surface area contributed by atoms with Gasteiger partial charge < -0.3 is 22.8 Å². The van der Waals surface area contributed by atoms with Crippen molar-refractivity contribution in [2.24, 2.45) is 0 Å². The molecule has 20 rings (SSSR count). The molecule has 0 fully saturated rings. The Balaban J connectivity index is 0.626. The molecule has 0 radical (unpaired) electrons. The highest BCUT2D eigenvalue weighted by Crippen LogP contribution is 2.49. The molecule has 5 aromatic heterocycles. The van der Waals surface area contributed by atoms with E-state index in [2.05, 4.69) is 290 Å². The monoisotopic (exact) mass is 1210 g/mol.